The Hall–Kier alpha value is -1.73. The van der Waals surface area contributed by atoms with Gasteiger partial charge in [0.05, 0.1) is 6.26 Å². The van der Waals surface area contributed by atoms with Crippen molar-refractivity contribution in [3.8, 4) is 11.6 Å². The highest BCUT2D eigenvalue weighted by Gasteiger charge is 2.16. The van der Waals surface area contributed by atoms with Crippen molar-refractivity contribution >= 4 is 29.3 Å². The minimum Gasteiger partial charge on any atom is -0.461 e. The average Bonchev–Trinajstić information content (AvgIpc) is 3.02. The molecule has 1 amide bonds. The van der Waals surface area contributed by atoms with Crippen molar-refractivity contribution in [1.82, 2.24) is 14.8 Å². The molecule has 0 atom stereocenters. The molecule has 2 aromatic heterocycles. The van der Waals surface area contributed by atoms with Crippen molar-refractivity contribution in [2.45, 2.75) is 18.1 Å². The van der Waals surface area contributed by atoms with E-state index >= 15 is 0 Å². The van der Waals surface area contributed by atoms with Crippen LogP contribution in [0.5, 0.6) is 0 Å². The number of thioether (sulfide) groups is 1. The van der Waals surface area contributed by atoms with Crippen LogP contribution in [0.4, 0.5) is 0 Å². The zero-order valence-electron chi connectivity index (χ0n) is 10.6. The lowest BCUT2D eigenvalue weighted by atomic mass is 10.3. The maximum Gasteiger partial charge on any atom is 0.219 e. The van der Waals surface area contributed by atoms with Crippen molar-refractivity contribution in [1.29, 1.82) is 0 Å². The number of furan rings is 1. The van der Waals surface area contributed by atoms with Crippen LogP contribution < -0.4 is 5.73 Å². The van der Waals surface area contributed by atoms with Crippen molar-refractivity contribution in [2.24, 2.45) is 5.73 Å². The third kappa shape index (κ3) is 3.64. The molecule has 0 aliphatic heterocycles. The third-order valence-corrected chi connectivity index (χ3v) is 3.74. The Morgan fingerprint density at radius 2 is 2.35 bits per heavy atom. The van der Waals surface area contributed by atoms with Gasteiger partial charge in [-0.2, -0.15) is 0 Å². The quantitative estimate of drug-likeness (QED) is 0.792. The molecule has 106 valence electrons. The van der Waals surface area contributed by atoms with E-state index in [0.717, 1.165) is 0 Å². The summed E-state index contributed by atoms with van der Waals surface area (Å²) in [5, 5.41) is 9.33. The van der Waals surface area contributed by atoms with Crippen LogP contribution >= 0.6 is 23.4 Å². The van der Waals surface area contributed by atoms with Gasteiger partial charge in [-0.1, -0.05) is 29.9 Å². The zero-order valence-corrected chi connectivity index (χ0v) is 12.2. The van der Waals surface area contributed by atoms with Gasteiger partial charge in [0.2, 0.25) is 5.91 Å². The summed E-state index contributed by atoms with van der Waals surface area (Å²) in [6.45, 7) is 4.01. The Labute approximate surface area is 125 Å². The predicted octanol–water partition coefficient (Wildman–Crippen LogP) is 2.26. The van der Waals surface area contributed by atoms with Crippen LogP contribution in [-0.4, -0.2) is 26.4 Å². The minimum absolute atomic E-state index is 0.196. The second kappa shape index (κ2) is 6.62. The SMILES string of the molecule is C=C(Cl)CSc1nnc(-c2ccco2)n1CCC(N)=O. The Morgan fingerprint density at radius 1 is 1.55 bits per heavy atom. The van der Waals surface area contributed by atoms with Crippen LogP contribution in [0.25, 0.3) is 11.6 Å². The molecule has 6 nitrogen and oxygen atoms in total. The first-order valence-corrected chi connectivity index (χ1v) is 7.15. The van der Waals surface area contributed by atoms with Crippen LogP contribution in [0.15, 0.2) is 39.6 Å². The predicted molar refractivity (Wildman–Crippen MR) is 77.3 cm³/mol. The van der Waals surface area contributed by atoms with Crippen molar-refractivity contribution in [3.63, 3.8) is 0 Å². The largest absolute Gasteiger partial charge is 0.461 e. The molecule has 2 aromatic rings. The number of nitrogens with two attached hydrogens (primary N) is 1. The highest BCUT2D eigenvalue weighted by atomic mass is 35.5. The van der Waals surface area contributed by atoms with Gasteiger partial charge in [-0.3, -0.25) is 9.36 Å². The van der Waals surface area contributed by atoms with Gasteiger partial charge in [0, 0.05) is 23.8 Å². The first kappa shape index (κ1) is 14.7. The van der Waals surface area contributed by atoms with Crippen LogP contribution in [0.1, 0.15) is 6.42 Å². The Balaban J connectivity index is 2.27. The fourth-order valence-electron chi connectivity index (χ4n) is 1.55. The van der Waals surface area contributed by atoms with E-state index < -0.39 is 0 Å². The van der Waals surface area contributed by atoms with Crippen LogP contribution in [0.2, 0.25) is 0 Å². The van der Waals surface area contributed by atoms with Gasteiger partial charge in [-0.15, -0.1) is 10.2 Å². The average molecular weight is 313 g/mol. The maximum atomic E-state index is 11.0. The first-order chi connectivity index (χ1) is 9.58. The summed E-state index contributed by atoms with van der Waals surface area (Å²) >= 11 is 7.14. The standard InChI is InChI=1S/C12H13ClN4O2S/c1-8(13)7-20-12-16-15-11(9-3-2-6-19-9)17(12)5-4-10(14)18/h2-3,6H,1,4-5,7H2,(H2,14,18). The number of hydrogen-bond acceptors (Lipinski definition) is 5. The lowest BCUT2D eigenvalue weighted by Gasteiger charge is -2.07. The van der Waals surface area contributed by atoms with Crippen molar-refractivity contribution < 1.29 is 9.21 Å². The lowest BCUT2D eigenvalue weighted by Crippen LogP contribution is -2.15. The normalized spacial score (nSPS) is 10.7. The molecule has 0 saturated heterocycles. The first-order valence-electron chi connectivity index (χ1n) is 5.79. The van der Waals surface area contributed by atoms with Crippen LogP contribution in [0.3, 0.4) is 0 Å². The summed E-state index contributed by atoms with van der Waals surface area (Å²) in [6, 6.07) is 3.54. The summed E-state index contributed by atoms with van der Waals surface area (Å²) in [6.07, 6.45) is 1.75. The molecule has 0 aliphatic carbocycles. The van der Waals surface area contributed by atoms with Crippen molar-refractivity contribution in [3.05, 3.63) is 30.0 Å². The smallest absolute Gasteiger partial charge is 0.219 e. The minimum atomic E-state index is -0.387. The highest BCUT2D eigenvalue weighted by molar-refractivity contribution is 7.99. The molecule has 2 N–H and O–H groups in total. The molecule has 2 rings (SSSR count). The van der Waals surface area contributed by atoms with E-state index in [0.29, 0.717) is 34.1 Å². The fraction of sp³-hybridized carbons (Fsp3) is 0.250. The number of amides is 1. The van der Waals surface area contributed by atoms with E-state index in [4.69, 9.17) is 21.8 Å². The van der Waals surface area contributed by atoms with Gasteiger partial charge >= 0.3 is 0 Å². The summed E-state index contributed by atoms with van der Waals surface area (Å²) < 4.78 is 7.10. The molecular weight excluding hydrogens is 300 g/mol. The van der Waals surface area contributed by atoms with Gasteiger partial charge < -0.3 is 10.2 Å². The lowest BCUT2D eigenvalue weighted by molar-refractivity contribution is -0.118. The maximum absolute atomic E-state index is 11.0. The molecule has 2 heterocycles. The molecule has 20 heavy (non-hydrogen) atoms. The van der Waals surface area contributed by atoms with Gasteiger partial charge in [0.25, 0.3) is 0 Å². The molecule has 0 aliphatic rings. The molecule has 0 saturated carbocycles. The van der Waals surface area contributed by atoms with Gasteiger partial charge in [-0.25, -0.2) is 0 Å². The molecular formula is C12H13ClN4O2S. The second-order valence-corrected chi connectivity index (χ2v) is 5.43. The Bertz CT molecular complexity index is 609. The number of nitrogens with zero attached hydrogens (tertiary/aromatic N) is 3. The Kier molecular flexibility index (Phi) is 4.86. The van der Waals surface area contributed by atoms with E-state index in [1.54, 1.807) is 23.0 Å². The van der Waals surface area contributed by atoms with E-state index in [1.165, 1.54) is 11.8 Å². The fourth-order valence-corrected chi connectivity index (χ4v) is 2.43. The molecule has 0 bridgehead atoms. The van der Waals surface area contributed by atoms with Gasteiger partial charge in [0.1, 0.15) is 0 Å². The molecule has 0 aromatic carbocycles. The van der Waals surface area contributed by atoms with Crippen molar-refractivity contribution in [2.75, 3.05) is 5.75 Å². The topological polar surface area (TPSA) is 86.9 Å². The number of carbonyl (C=O) groups is 1. The van der Waals surface area contributed by atoms with E-state index in [2.05, 4.69) is 16.8 Å². The summed E-state index contributed by atoms with van der Waals surface area (Å²) in [7, 11) is 0. The van der Waals surface area contributed by atoms with E-state index in [-0.39, 0.29) is 12.3 Å². The van der Waals surface area contributed by atoms with E-state index in [9.17, 15) is 4.79 Å². The van der Waals surface area contributed by atoms with Gasteiger partial charge in [0.15, 0.2) is 16.7 Å². The molecule has 0 fully saturated rings. The van der Waals surface area contributed by atoms with Gasteiger partial charge in [-0.05, 0) is 12.1 Å². The third-order valence-electron chi connectivity index (χ3n) is 2.40. The number of halogens is 1. The number of carbonyl (C=O) groups excluding carboxylic acids is 1. The summed E-state index contributed by atoms with van der Waals surface area (Å²) in [4.78, 5) is 11.0. The number of rotatable bonds is 7. The van der Waals surface area contributed by atoms with Crippen LogP contribution in [-0.2, 0) is 11.3 Å². The molecule has 0 spiro atoms. The molecule has 0 unspecified atom stereocenters. The second-order valence-electron chi connectivity index (χ2n) is 3.96. The number of hydrogen-bond donors (Lipinski definition) is 1. The molecule has 8 heteroatoms. The van der Waals surface area contributed by atoms with E-state index in [1.807, 2.05) is 0 Å². The summed E-state index contributed by atoms with van der Waals surface area (Å²) in [5.74, 6) is 1.26. The number of primary amides is 1. The zero-order chi connectivity index (χ0) is 14.5. The summed E-state index contributed by atoms with van der Waals surface area (Å²) in [5.41, 5.74) is 5.19. The monoisotopic (exact) mass is 312 g/mol. The molecule has 0 radical (unpaired) electrons. The van der Waals surface area contributed by atoms with Crippen LogP contribution in [0, 0.1) is 0 Å². The highest BCUT2D eigenvalue weighted by Crippen LogP contribution is 2.26. The Morgan fingerprint density at radius 3 is 2.95 bits per heavy atom. The number of aromatic nitrogens is 3.